The Morgan fingerprint density at radius 2 is 1.84 bits per heavy atom. The fourth-order valence-electron chi connectivity index (χ4n) is 2.72. The predicted octanol–water partition coefficient (Wildman–Crippen LogP) is 3.27. The summed E-state index contributed by atoms with van der Waals surface area (Å²) in [5, 5.41) is 9.77. The number of thioether (sulfide) groups is 1. The average Bonchev–Trinajstić information content (AvgIpc) is 2.81. The van der Waals surface area contributed by atoms with Crippen molar-refractivity contribution in [1.29, 1.82) is 5.26 Å². The van der Waals surface area contributed by atoms with Gasteiger partial charge in [-0.15, -0.1) is 0 Å². The van der Waals surface area contributed by atoms with Crippen LogP contribution in [0, 0.1) is 11.3 Å². The lowest BCUT2D eigenvalue weighted by Gasteiger charge is -2.10. The molecule has 0 aliphatic heterocycles. The van der Waals surface area contributed by atoms with Gasteiger partial charge in [0.15, 0.2) is 5.16 Å². The average molecular weight is 437 g/mol. The molecule has 0 atom stereocenters. The van der Waals surface area contributed by atoms with Gasteiger partial charge in [0.05, 0.1) is 18.4 Å². The highest BCUT2D eigenvalue weighted by atomic mass is 32.2. The van der Waals surface area contributed by atoms with E-state index in [9.17, 15) is 14.9 Å². The van der Waals surface area contributed by atoms with Gasteiger partial charge in [-0.25, -0.2) is 9.78 Å². The molecule has 1 heterocycles. The quantitative estimate of drug-likeness (QED) is 0.247. The van der Waals surface area contributed by atoms with E-state index in [1.54, 1.807) is 54.8 Å². The number of nitrogens with one attached hydrogen (secondary N) is 1. The monoisotopic (exact) mass is 437 g/mol. The van der Waals surface area contributed by atoms with Gasteiger partial charge in [-0.2, -0.15) is 5.26 Å². The Kier molecular flexibility index (Phi) is 7.30. The van der Waals surface area contributed by atoms with Crippen molar-refractivity contribution in [3.8, 4) is 28.8 Å². The van der Waals surface area contributed by atoms with E-state index < -0.39 is 11.5 Å². The number of hydrogen-bond acceptors (Lipinski definition) is 8. The maximum atomic E-state index is 12.1. The minimum atomic E-state index is -0.477. The number of aromatic nitrogens is 2. The Hall–Kier alpha value is -3.77. The number of nitriles is 1. The van der Waals surface area contributed by atoms with E-state index in [0.29, 0.717) is 33.5 Å². The molecule has 3 aromatic rings. The summed E-state index contributed by atoms with van der Waals surface area (Å²) in [4.78, 5) is 30.5. The molecule has 0 aliphatic rings. The van der Waals surface area contributed by atoms with Gasteiger partial charge in [-0.1, -0.05) is 23.9 Å². The molecule has 0 fully saturated rings. The van der Waals surface area contributed by atoms with Crippen LogP contribution in [-0.4, -0.2) is 42.5 Å². The van der Waals surface area contributed by atoms with Crippen LogP contribution in [0.25, 0.3) is 11.3 Å². The Morgan fingerprint density at radius 1 is 1.13 bits per heavy atom. The molecule has 8 nitrogen and oxygen atoms in total. The van der Waals surface area contributed by atoms with Gasteiger partial charge < -0.3 is 19.2 Å². The molecule has 0 spiro atoms. The highest BCUT2D eigenvalue weighted by Crippen LogP contribution is 2.25. The number of aromatic amines is 1. The normalized spacial score (nSPS) is 10.2. The number of hydrogen-bond donors (Lipinski definition) is 1. The SMILES string of the molecule is COC(=O)c1ccc(OCCOc2cccc(-c3nc(SC)[nH]c(=O)c3C#N)c2)cc1. The fraction of sp³-hybridized carbons (Fsp3) is 0.182. The first-order valence-electron chi connectivity index (χ1n) is 9.18. The van der Waals surface area contributed by atoms with Crippen molar-refractivity contribution >= 4 is 17.7 Å². The van der Waals surface area contributed by atoms with Gasteiger partial charge in [-0.05, 0) is 42.7 Å². The number of nitrogens with zero attached hydrogens (tertiary/aromatic N) is 2. The maximum Gasteiger partial charge on any atom is 0.337 e. The predicted molar refractivity (Wildman–Crippen MR) is 116 cm³/mol. The molecule has 0 saturated carbocycles. The molecule has 0 saturated heterocycles. The van der Waals surface area contributed by atoms with Crippen LogP contribution in [0.4, 0.5) is 0 Å². The Bertz CT molecular complexity index is 1170. The zero-order chi connectivity index (χ0) is 22.2. The summed E-state index contributed by atoms with van der Waals surface area (Å²) in [6.45, 7) is 0.553. The zero-order valence-electron chi connectivity index (χ0n) is 16.9. The number of H-pyrrole nitrogens is 1. The van der Waals surface area contributed by atoms with Crippen LogP contribution in [0.1, 0.15) is 15.9 Å². The Morgan fingerprint density at radius 3 is 2.48 bits per heavy atom. The third-order valence-electron chi connectivity index (χ3n) is 4.21. The standard InChI is InChI=1S/C22H19N3O5S/c1-28-21(27)14-6-8-16(9-7-14)29-10-11-30-17-5-3-4-15(12-17)19-18(13-23)20(26)25-22(24-19)31-2/h3-9,12H,10-11H2,1-2H3,(H,24,25,26). The van der Waals surface area contributed by atoms with Crippen molar-refractivity contribution in [3.63, 3.8) is 0 Å². The molecular formula is C22H19N3O5S. The number of methoxy groups -OCH3 is 1. The van der Waals surface area contributed by atoms with Crippen LogP contribution in [0.3, 0.4) is 0 Å². The molecule has 0 bridgehead atoms. The Labute approximate surface area is 182 Å². The molecule has 0 unspecified atom stereocenters. The third kappa shape index (κ3) is 5.43. The van der Waals surface area contributed by atoms with E-state index >= 15 is 0 Å². The van der Waals surface area contributed by atoms with Gasteiger partial charge in [0, 0.05) is 5.56 Å². The van der Waals surface area contributed by atoms with Crippen molar-refractivity contribution < 1.29 is 19.0 Å². The fourth-order valence-corrected chi connectivity index (χ4v) is 3.10. The maximum absolute atomic E-state index is 12.1. The van der Waals surface area contributed by atoms with E-state index in [4.69, 9.17) is 9.47 Å². The molecule has 1 aromatic heterocycles. The van der Waals surface area contributed by atoms with Gasteiger partial charge in [0.1, 0.15) is 36.3 Å². The number of benzene rings is 2. The van der Waals surface area contributed by atoms with E-state index in [1.807, 2.05) is 6.07 Å². The van der Waals surface area contributed by atoms with Crippen LogP contribution in [0.15, 0.2) is 58.5 Å². The molecular weight excluding hydrogens is 418 g/mol. The topological polar surface area (TPSA) is 114 Å². The number of rotatable bonds is 8. The number of esters is 1. The largest absolute Gasteiger partial charge is 0.490 e. The molecule has 31 heavy (non-hydrogen) atoms. The minimum Gasteiger partial charge on any atom is -0.490 e. The van der Waals surface area contributed by atoms with Crippen molar-refractivity contribution in [1.82, 2.24) is 9.97 Å². The summed E-state index contributed by atoms with van der Waals surface area (Å²) < 4.78 is 16.0. The van der Waals surface area contributed by atoms with Gasteiger partial charge in [0.25, 0.3) is 5.56 Å². The molecule has 9 heteroatoms. The van der Waals surface area contributed by atoms with E-state index in [2.05, 4.69) is 14.7 Å². The molecule has 2 aromatic carbocycles. The summed E-state index contributed by atoms with van der Waals surface area (Å²) in [7, 11) is 1.33. The van der Waals surface area contributed by atoms with Crippen LogP contribution in [0.2, 0.25) is 0 Å². The molecule has 0 amide bonds. The molecule has 0 radical (unpaired) electrons. The summed E-state index contributed by atoms with van der Waals surface area (Å²) in [5.74, 6) is 0.744. The van der Waals surface area contributed by atoms with E-state index in [-0.39, 0.29) is 18.8 Å². The van der Waals surface area contributed by atoms with Gasteiger partial charge in [-0.3, -0.25) is 4.79 Å². The number of carbonyl (C=O) groups is 1. The van der Waals surface area contributed by atoms with Crippen LogP contribution < -0.4 is 15.0 Å². The van der Waals surface area contributed by atoms with Crippen molar-refractivity contribution in [2.24, 2.45) is 0 Å². The zero-order valence-corrected chi connectivity index (χ0v) is 17.7. The molecule has 1 N–H and O–H groups in total. The van der Waals surface area contributed by atoms with E-state index in [0.717, 1.165) is 0 Å². The second-order valence-corrected chi connectivity index (χ2v) is 6.95. The Balaban J connectivity index is 1.64. The second-order valence-electron chi connectivity index (χ2n) is 6.15. The van der Waals surface area contributed by atoms with Crippen molar-refractivity contribution in [2.45, 2.75) is 5.16 Å². The lowest BCUT2D eigenvalue weighted by atomic mass is 10.1. The summed E-state index contributed by atoms with van der Waals surface area (Å²) in [6, 6.07) is 15.5. The highest BCUT2D eigenvalue weighted by molar-refractivity contribution is 7.98. The second kappa shape index (κ2) is 10.3. The van der Waals surface area contributed by atoms with Gasteiger partial charge >= 0.3 is 5.97 Å². The summed E-state index contributed by atoms with van der Waals surface area (Å²) >= 11 is 1.28. The highest BCUT2D eigenvalue weighted by Gasteiger charge is 2.14. The number of ether oxygens (including phenoxy) is 3. The van der Waals surface area contributed by atoms with Gasteiger partial charge in [0.2, 0.25) is 0 Å². The van der Waals surface area contributed by atoms with E-state index in [1.165, 1.54) is 18.9 Å². The summed E-state index contributed by atoms with van der Waals surface area (Å²) in [6.07, 6.45) is 1.79. The number of carbonyl (C=O) groups excluding carboxylic acids is 1. The molecule has 3 rings (SSSR count). The molecule has 158 valence electrons. The smallest absolute Gasteiger partial charge is 0.337 e. The minimum absolute atomic E-state index is 0.0475. The van der Waals surface area contributed by atoms with Crippen LogP contribution in [-0.2, 0) is 4.74 Å². The lowest BCUT2D eigenvalue weighted by Crippen LogP contribution is -2.14. The van der Waals surface area contributed by atoms with Crippen molar-refractivity contribution in [3.05, 3.63) is 70.0 Å². The first kappa shape index (κ1) is 21.9. The first-order valence-corrected chi connectivity index (χ1v) is 10.4. The molecule has 0 aliphatic carbocycles. The first-order chi connectivity index (χ1) is 15.0. The lowest BCUT2D eigenvalue weighted by molar-refractivity contribution is 0.0600. The third-order valence-corrected chi connectivity index (χ3v) is 4.79. The van der Waals surface area contributed by atoms with Crippen molar-refractivity contribution in [2.75, 3.05) is 26.6 Å². The van der Waals surface area contributed by atoms with Crippen LogP contribution in [0.5, 0.6) is 11.5 Å². The summed E-state index contributed by atoms with van der Waals surface area (Å²) in [5.41, 5.74) is 0.832. The van der Waals surface area contributed by atoms with Crippen LogP contribution >= 0.6 is 11.8 Å².